The van der Waals surface area contributed by atoms with Gasteiger partial charge in [-0.1, -0.05) is 38.8 Å². The van der Waals surface area contributed by atoms with Crippen molar-refractivity contribution in [3.05, 3.63) is 24.3 Å². The van der Waals surface area contributed by atoms with Crippen molar-refractivity contribution in [3.8, 4) is 5.75 Å². The van der Waals surface area contributed by atoms with Crippen LogP contribution >= 0.6 is 0 Å². The van der Waals surface area contributed by atoms with Crippen molar-refractivity contribution in [1.29, 1.82) is 0 Å². The predicted molar refractivity (Wildman–Crippen MR) is 102 cm³/mol. The van der Waals surface area contributed by atoms with Crippen LogP contribution in [0.15, 0.2) is 29.3 Å². The van der Waals surface area contributed by atoms with E-state index in [0.717, 1.165) is 36.9 Å². The van der Waals surface area contributed by atoms with Gasteiger partial charge >= 0.3 is 0 Å². The lowest BCUT2D eigenvalue weighted by molar-refractivity contribution is -0.121. The standard InChI is InChI=1S/C19H30N4O2/c1-4-15(5-2)13-22-19(20-3)21-11-8-12-23-16-9-6-7-10-17(16)25-14-18(23)24/h6-7,9-10,15H,4-5,8,11-14H2,1-3H3,(H2,20,21,22). The summed E-state index contributed by atoms with van der Waals surface area (Å²) >= 11 is 0. The molecule has 2 N–H and O–H groups in total. The lowest BCUT2D eigenvalue weighted by Crippen LogP contribution is -2.42. The van der Waals surface area contributed by atoms with E-state index in [9.17, 15) is 4.79 Å². The number of aliphatic imine (C=N–C) groups is 1. The molecule has 0 atom stereocenters. The van der Waals surface area contributed by atoms with Gasteiger partial charge in [-0.15, -0.1) is 0 Å². The number of para-hydroxylation sites is 2. The molecule has 138 valence electrons. The van der Waals surface area contributed by atoms with Crippen LogP contribution < -0.4 is 20.3 Å². The third-order valence-electron chi connectivity index (χ3n) is 4.60. The molecule has 1 amide bonds. The molecule has 0 aromatic heterocycles. The summed E-state index contributed by atoms with van der Waals surface area (Å²) in [7, 11) is 1.78. The second-order valence-corrected chi connectivity index (χ2v) is 6.22. The van der Waals surface area contributed by atoms with E-state index in [-0.39, 0.29) is 12.5 Å². The molecule has 2 rings (SSSR count). The molecular weight excluding hydrogens is 316 g/mol. The molecular formula is C19H30N4O2. The van der Waals surface area contributed by atoms with Crippen molar-refractivity contribution in [2.75, 3.05) is 38.2 Å². The molecule has 1 aromatic carbocycles. The van der Waals surface area contributed by atoms with Gasteiger partial charge in [0.2, 0.25) is 0 Å². The number of amides is 1. The zero-order valence-corrected chi connectivity index (χ0v) is 15.5. The minimum Gasteiger partial charge on any atom is -0.482 e. The lowest BCUT2D eigenvalue weighted by Gasteiger charge is -2.29. The zero-order valence-electron chi connectivity index (χ0n) is 15.5. The van der Waals surface area contributed by atoms with E-state index < -0.39 is 0 Å². The van der Waals surface area contributed by atoms with Gasteiger partial charge in [-0.3, -0.25) is 9.79 Å². The Labute approximate surface area is 150 Å². The Hall–Kier alpha value is -2.24. The van der Waals surface area contributed by atoms with E-state index in [1.807, 2.05) is 24.3 Å². The Bertz CT molecular complexity index is 585. The van der Waals surface area contributed by atoms with Gasteiger partial charge in [0.05, 0.1) is 5.69 Å². The highest BCUT2D eigenvalue weighted by atomic mass is 16.5. The van der Waals surface area contributed by atoms with Gasteiger partial charge < -0.3 is 20.3 Å². The van der Waals surface area contributed by atoms with Crippen molar-refractivity contribution < 1.29 is 9.53 Å². The maximum atomic E-state index is 12.1. The molecule has 1 aliphatic rings. The summed E-state index contributed by atoms with van der Waals surface area (Å²) in [6.07, 6.45) is 3.17. The SMILES string of the molecule is CCC(CC)CNC(=NC)NCCCN1C(=O)COc2ccccc21. The van der Waals surface area contributed by atoms with Gasteiger partial charge in [-0.05, 0) is 24.5 Å². The van der Waals surface area contributed by atoms with Crippen LogP contribution in [0.1, 0.15) is 33.1 Å². The van der Waals surface area contributed by atoms with E-state index in [1.165, 1.54) is 12.8 Å². The zero-order chi connectivity index (χ0) is 18.1. The average molecular weight is 346 g/mol. The number of fused-ring (bicyclic) bond motifs is 1. The summed E-state index contributed by atoms with van der Waals surface area (Å²) in [6.45, 7) is 6.89. The summed E-state index contributed by atoms with van der Waals surface area (Å²) in [5, 5.41) is 6.69. The smallest absolute Gasteiger partial charge is 0.265 e. The van der Waals surface area contributed by atoms with Crippen LogP contribution in [-0.4, -0.2) is 45.2 Å². The minimum atomic E-state index is 0.00920. The summed E-state index contributed by atoms with van der Waals surface area (Å²) in [4.78, 5) is 18.2. The van der Waals surface area contributed by atoms with Crippen molar-refractivity contribution in [2.24, 2.45) is 10.9 Å². The quantitative estimate of drug-likeness (QED) is 0.431. The normalized spacial score (nSPS) is 14.3. The average Bonchev–Trinajstić information content (AvgIpc) is 2.65. The van der Waals surface area contributed by atoms with Crippen LogP contribution in [0.4, 0.5) is 5.69 Å². The van der Waals surface area contributed by atoms with E-state index in [1.54, 1.807) is 11.9 Å². The number of carbonyl (C=O) groups excluding carboxylic acids is 1. The van der Waals surface area contributed by atoms with E-state index >= 15 is 0 Å². The van der Waals surface area contributed by atoms with Gasteiger partial charge in [0.15, 0.2) is 12.6 Å². The second-order valence-electron chi connectivity index (χ2n) is 6.22. The highest BCUT2D eigenvalue weighted by Gasteiger charge is 2.24. The number of carbonyl (C=O) groups is 1. The van der Waals surface area contributed by atoms with Crippen LogP contribution in [-0.2, 0) is 4.79 Å². The van der Waals surface area contributed by atoms with Crippen molar-refractivity contribution in [3.63, 3.8) is 0 Å². The third-order valence-corrected chi connectivity index (χ3v) is 4.60. The Balaban J connectivity index is 1.78. The molecule has 0 aliphatic carbocycles. The topological polar surface area (TPSA) is 66.0 Å². The van der Waals surface area contributed by atoms with Crippen LogP contribution in [0, 0.1) is 5.92 Å². The number of anilines is 1. The van der Waals surface area contributed by atoms with E-state index in [4.69, 9.17) is 4.74 Å². The number of nitrogens with one attached hydrogen (secondary N) is 2. The Morgan fingerprint density at radius 2 is 2.04 bits per heavy atom. The number of guanidine groups is 1. The third kappa shape index (κ3) is 5.37. The maximum Gasteiger partial charge on any atom is 0.265 e. The molecule has 0 saturated carbocycles. The van der Waals surface area contributed by atoms with E-state index in [2.05, 4.69) is 29.5 Å². The Morgan fingerprint density at radius 3 is 2.76 bits per heavy atom. The number of ether oxygens (including phenoxy) is 1. The first-order chi connectivity index (χ1) is 12.2. The molecule has 6 heteroatoms. The molecule has 0 unspecified atom stereocenters. The molecule has 0 fully saturated rings. The lowest BCUT2D eigenvalue weighted by atomic mass is 10.0. The molecule has 1 aromatic rings. The number of rotatable bonds is 8. The molecule has 6 nitrogen and oxygen atoms in total. The van der Waals surface area contributed by atoms with Crippen LogP contribution in [0.25, 0.3) is 0 Å². The van der Waals surface area contributed by atoms with Crippen LogP contribution in [0.2, 0.25) is 0 Å². The first-order valence-corrected chi connectivity index (χ1v) is 9.16. The van der Waals surface area contributed by atoms with Gasteiger partial charge in [0.25, 0.3) is 5.91 Å². The summed E-state index contributed by atoms with van der Waals surface area (Å²) in [6, 6.07) is 7.67. The van der Waals surface area contributed by atoms with Crippen LogP contribution in [0.5, 0.6) is 5.75 Å². The monoisotopic (exact) mass is 346 g/mol. The van der Waals surface area contributed by atoms with Crippen molar-refractivity contribution in [1.82, 2.24) is 10.6 Å². The molecule has 0 bridgehead atoms. The fraction of sp³-hybridized carbons (Fsp3) is 0.579. The summed E-state index contributed by atoms with van der Waals surface area (Å²) in [5.74, 6) is 2.27. The minimum absolute atomic E-state index is 0.00920. The molecule has 0 radical (unpaired) electrons. The second kappa shape index (κ2) is 9.91. The van der Waals surface area contributed by atoms with Crippen LogP contribution in [0.3, 0.4) is 0 Å². The summed E-state index contributed by atoms with van der Waals surface area (Å²) in [5.41, 5.74) is 0.856. The van der Waals surface area contributed by atoms with Crippen molar-refractivity contribution >= 4 is 17.6 Å². The molecule has 0 saturated heterocycles. The van der Waals surface area contributed by atoms with Gasteiger partial charge in [0.1, 0.15) is 5.75 Å². The largest absolute Gasteiger partial charge is 0.482 e. The molecule has 1 heterocycles. The highest BCUT2D eigenvalue weighted by molar-refractivity contribution is 5.97. The number of hydrogen-bond acceptors (Lipinski definition) is 3. The maximum absolute atomic E-state index is 12.1. The molecule has 25 heavy (non-hydrogen) atoms. The highest BCUT2D eigenvalue weighted by Crippen LogP contribution is 2.31. The van der Waals surface area contributed by atoms with Crippen molar-refractivity contribution in [2.45, 2.75) is 33.1 Å². The molecule has 0 spiro atoms. The predicted octanol–water partition coefficient (Wildman–Crippen LogP) is 2.40. The van der Waals surface area contributed by atoms with Gasteiger partial charge in [-0.25, -0.2) is 0 Å². The van der Waals surface area contributed by atoms with Gasteiger partial charge in [-0.2, -0.15) is 0 Å². The molecule has 1 aliphatic heterocycles. The number of benzene rings is 1. The first kappa shape index (κ1) is 19.1. The fourth-order valence-corrected chi connectivity index (χ4v) is 2.88. The first-order valence-electron chi connectivity index (χ1n) is 9.16. The van der Waals surface area contributed by atoms with Gasteiger partial charge in [0, 0.05) is 26.7 Å². The number of nitrogens with zero attached hydrogens (tertiary/aromatic N) is 2. The Kier molecular flexibility index (Phi) is 7.57. The number of hydrogen-bond donors (Lipinski definition) is 2. The summed E-state index contributed by atoms with van der Waals surface area (Å²) < 4.78 is 5.47. The fourth-order valence-electron chi connectivity index (χ4n) is 2.88. The Morgan fingerprint density at radius 1 is 1.28 bits per heavy atom. The van der Waals surface area contributed by atoms with E-state index in [0.29, 0.717) is 12.5 Å².